The Bertz CT molecular complexity index is 379. The molecule has 2 rings (SSSR count). The van der Waals surface area contributed by atoms with E-state index in [1.54, 1.807) is 0 Å². The van der Waals surface area contributed by atoms with Crippen LogP contribution in [0.5, 0.6) is 5.75 Å². The first-order valence-corrected chi connectivity index (χ1v) is 6.91. The van der Waals surface area contributed by atoms with Crippen LogP contribution in [0.3, 0.4) is 0 Å². The van der Waals surface area contributed by atoms with Gasteiger partial charge in [0.2, 0.25) is 0 Å². The van der Waals surface area contributed by atoms with E-state index in [0.29, 0.717) is 13.2 Å². The van der Waals surface area contributed by atoms with Crippen LogP contribution in [0.15, 0.2) is 18.2 Å². The van der Waals surface area contributed by atoms with Gasteiger partial charge in [-0.25, -0.2) is 0 Å². The van der Waals surface area contributed by atoms with Gasteiger partial charge in [0, 0.05) is 12.6 Å². The van der Waals surface area contributed by atoms with Gasteiger partial charge in [0.25, 0.3) is 0 Å². The molecule has 0 spiro atoms. The summed E-state index contributed by atoms with van der Waals surface area (Å²) in [6.07, 6.45) is 4.35. The Morgan fingerprint density at radius 3 is 3.00 bits per heavy atom. The summed E-state index contributed by atoms with van der Waals surface area (Å²) in [4.78, 5) is 0. The van der Waals surface area contributed by atoms with Crippen molar-refractivity contribution in [1.29, 1.82) is 0 Å². The summed E-state index contributed by atoms with van der Waals surface area (Å²) in [6.45, 7) is 4.28. The van der Waals surface area contributed by atoms with Gasteiger partial charge >= 0.3 is 0 Å². The molecule has 3 heteroatoms. The zero-order chi connectivity index (χ0) is 12.8. The van der Waals surface area contributed by atoms with Crippen molar-refractivity contribution in [2.24, 2.45) is 5.73 Å². The third-order valence-electron chi connectivity index (χ3n) is 3.40. The Morgan fingerprint density at radius 2 is 2.17 bits per heavy atom. The Hall–Kier alpha value is -1.06. The number of hydrogen-bond donors (Lipinski definition) is 1. The van der Waals surface area contributed by atoms with Crippen LogP contribution in [0.2, 0.25) is 0 Å². The normalized spacial score (nSPS) is 17.8. The lowest BCUT2D eigenvalue weighted by Crippen LogP contribution is -2.09. The molecule has 1 aromatic carbocycles. The van der Waals surface area contributed by atoms with Gasteiger partial charge in [-0.05, 0) is 36.5 Å². The molecule has 0 saturated heterocycles. The summed E-state index contributed by atoms with van der Waals surface area (Å²) in [6, 6.07) is 6.35. The minimum Gasteiger partial charge on any atom is -0.491 e. The van der Waals surface area contributed by atoms with Gasteiger partial charge < -0.3 is 15.2 Å². The second-order valence-electron chi connectivity index (χ2n) is 4.78. The van der Waals surface area contributed by atoms with Crippen molar-refractivity contribution in [1.82, 2.24) is 0 Å². The van der Waals surface area contributed by atoms with Crippen molar-refractivity contribution >= 4 is 0 Å². The van der Waals surface area contributed by atoms with E-state index < -0.39 is 0 Å². The highest BCUT2D eigenvalue weighted by atomic mass is 16.5. The highest BCUT2D eigenvalue weighted by molar-refractivity contribution is 5.44. The van der Waals surface area contributed by atoms with E-state index in [1.807, 2.05) is 12.1 Å². The number of ether oxygens (including phenoxy) is 2. The van der Waals surface area contributed by atoms with Crippen molar-refractivity contribution in [3.05, 3.63) is 29.3 Å². The summed E-state index contributed by atoms with van der Waals surface area (Å²) < 4.78 is 11.3. The molecular weight excluding hydrogens is 226 g/mol. The summed E-state index contributed by atoms with van der Waals surface area (Å²) in [7, 11) is 0. The van der Waals surface area contributed by atoms with Crippen LogP contribution in [-0.4, -0.2) is 19.8 Å². The van der Waals surface area contributed by atoms with Gasteiger partial charge in [-0.3, -0.25) is 0 Å². The van der Waals surface area contributed by atoms with Crippen molar-refractivity contribution in [3.63, 3.8) is 0 Å². The fraction of sp³-hybridized carbons (Fsp3) is 0.600. The minimum atomic E-state index is 0.185. The van der Waals surface area contributed by atoms with Crippen molar-refractivity contribution < 1.29 is 9.47 Å². The second-order valence-corrected chi connectivity index (χ2v) is 4.78. The zero-order valence-electron chi connectivity index (χ0n) is 11.2. The van der Waals surface area contributed by atoms with Crippen LogP contribution in [0, 0.1) is 0 Å². The second kappa shape index (κ2) is 6.76. The molecule has 0 fully saturated rings. The lowest BCUT2D eigenvalue weighted by molar-refractivity contribution is 0.0977. The fourth-order valence-corrected chi connectivity index (χ4v) is 2.35. The molecule has 0 saturated carbocycles. The first kappa shape index (κ1) is 13.4. The highest BCUT2D eigenvalue weighted by Gasteiger charge is 2.21. The van der Waals surface area contributed by atoms with Gasteiger partial charge in [-0.2, -0.15) is 0 Å². The molecule has 3 nitrogen and oxygen atoms in total. The molecule has 1 unspecified atom stereocenters. The van der Waals surface area contributed by atoms with E-state index in [0.717, 1.165) is 31.6 Å². The van der Waals surface area contributed by atoms with E-state index in [-0.39, 0.29) is 6.04 Å². The van der Waals surface area contributed by atoms with E-state index >= 15 is 0 Å². The van der Waals surface area contributed by atoms with Crippen LogP contribution in [0.25, 0.3) is 0 Å². The van der Waals surface area contributed by atoms with Crippen molar-refractivity contribution in [3.8, 4) is 5.75 Å². The lowest BCUT2D eigenvalue weighted by Gasteiger charge is -2.11. The quantitative estimate of drug-likeness (QED) is 0.756. The number of rotatable bonds is 7. The van der Waals surface area contributed by atoms with Crippen LogP contribution >= 0.6 is 0 Å². The molecule has 1 atom stereocenters. The first-order valence-electron chi connectivity index (χ1n) is 6.91. The topological polar surface area (TPSA) is 44.5 Å². The van der Waals surface area contributed by atoms with Crippen LogP contribution < -0.4 is 10.5 Å². The third kappa shape index (κ3) is 3.24. The minimum absolute atomic E-state index is 0.185. The number of nitrogens with two attached hydrogens (primary N) is 1. The number of fused-ring (bicyclic) bond motifs is 1. The van der Waals surface area contributed by atoms with Crippen LogP contribution in [0.1, 0.15) is 43.4 Å². The molecule has 1 aliphatic rings. The Labute approximate surface area is 109 Å². The molecule has 1 aromatic rings. The summed E-state index contributed by atoms with van der Waals surface area (Å²) in [5.74, 6) is 0.986. The molecule has 0 bridgehead atoms. The molecule has 100 valence electrons. The SMILES string of the molecule is CCCCOCCOc1cccc2c1CCC2N. The number of benzene rings is 1. The smallest absolute Gasteiger partial charge is 0.122 e. The number of hydrogen-bond acceptors (Lipinski definition) is 3. The molecule has 0 aromatic heterocycles. The largest absolute Gasteiger partial charge is 0.491 e. The molecule has 0 amide bonds. The average molecular weight is 249 g/mol. The van der Waals surface area contributed by atoms with E-state index in [9.17, 15) is 0 Å². The number of unbranched alkanes of at least 4 members (excludes halogenated alkanes) is 1. The Kier molecular flexibility index (Phi) is 5.02. The molecular formula is C15H23NO2. The third-order valence-corrected chi connectivity index (χ3v) is 3.40. The maximum atomic E-state index is 6.04. The fourth-order valence-electron chi connectivity index (χ4n) is 2.35. The van der Waals surface area contributed by atoms with Crippen molar-refractivity contribution in [2.45, 2.75) is 38.6 Å². The molecule has 2 N–H and O–H groups in total. The van der Waals surface area contributed by atoms with Gasteiger partial charge in [0.05, 0.1) is 6.61 Å². The van der Waals surface area contributed by atoms with E-state index in [2.05, 4.69) is 13.0 Å². The van der Waals surface area contributed by atoms with Crippen LogP contribution in [0.4, 0.5) is 0 Å². The standard InChI is InChI=1S/C15H23NO2/c1-2-3-9-17-10-11-18-15-6-4-5-12-13(15)7-8-14(12)16/h4-6,14H,2-3,7-11,16H2,1H3. The Balaban J connectivity index is 1.80. The molecule has 0 radical (unpaired) electrons. The first-order chi connectivity index (χ1) is 8.83. The zero-order valence-corrected chi connectivity index (χ0v) is 11.2. The van der Waals surface area contributed by atoms with E-state index in [1.165, 1.54) is 17.5 Å². The lowest BCUT2D eigenvalue weighted by atomic mass is 10.1. The van der Waals surface area contributed by atoms with Crippen molar-refractivity contribution in [2.75, 3.05) is 19.8 Å². The summed E-state index contributed by atoms with van der Waals surface area (Å²) >= 11 is 0. The predicted octanol–water partition coefficient (Wildman–Crippen LogP) is 2.83. The van der Waals surface area contributed by atoms with Gasteiger partial charge in [-0.1, -0.05) is 25.5 Å². The maximum absolute atomic E-state index is 6.04. The Morgan fingerprint density at radius 1 is 1.28 bits per heavy atom. The summed E-state index contributed by atoms with van der Waals surface area (Å²) in [5.41, 5.74) is 8.58. The van der Waals surface area contributed by atoms with Gasteiger partial charge in [-0.15, -0.1) is 0 Å². The summed E-state index contributed by atoms with van der Waals surface area (Å²) in [5, 5.41) is 0. The highest BCUT2D eigenvalue weighted by Crippen LogP contribution is 2.35. The average Bonchev–Trinajstić information content (AvgIpc) is 2.77. The molecule has 0 aliphatic heterocycles. The van der Waals surface area contributed by atoms with Gasteiger partial charge in [0.1, 0.15) is 12.4 Å². The molecule has 1 aliphatic carbocycles. The monoisotopic (exact) mass is 249 g/mol. The van der Waals surface area contributed by atoms with Gasteiger partial charge in [0.15, 0.2) is 0 Å². The maximum Gasteiger partial charge on any atom is 0.122 e. The molecule has 0 heterocycles. The van der Waals surface area contributed by atoms with Crippen LogP contribution in [-0.2, 0) is 11.2 Å². The van der Waals surface area contributed by atoms with E-state index in [4.69, 9.17) is 15.2 Å². The predicted molar refractivity (Wildman–Crippen MR) is 72.9 cm³/mol. The molecule has 18 heavy (non-hydrogen) atoms.